The summed E-state index contributed by atoms with van der Waals surface area (Å²) in [6.07, 6.45) is 113. The maximum absolute atomic E-state index is 13.0. The Morgan fingerprint density at radius 2 is 0.564 bits per heavy atom. The smallest absolute Gasteiger partial charge is 0.306 e. The molecule has 9 heteroatoms. The highest BCUT2D eigenvalue weighted by Crippen LogP contribution is 2.19. The van der Waals surface area contributed by atoms with Gasteiger partial charge in [0.05, 0.1) is 40.3 Å². The second-order valence-electron chi connectivity index (χ2n) is 29.7. The lowest BCUT2D eigenvalue weighted by atomic mass is 10.0. The minimum atomic E-state index is -1.63. The van der Waals surface area contributed by atoms with Crippen molar-refractivity contribution < 1.29 is 42.9 Å². The SMILES string of the molecule is CC/C=C\C/C=C\C/C=C\C/C=C\C/C=C\C/C=C\C/C=C\CCCCCCCCCCCCCCCC(=O)OC(COC(=O)CCCCCCCCCCCCCCCCCCCCCCCCCCCC/C=C\C/C=C\C/C=C\CCCCCCC)COC(OCC[N+](C)(C)C)C(=O)[O-]. The molecule has 0 bridgehead atoms. The highest BCUT2D eigenvalue weighted by atomic mass is 16.7. The molecule has 0 radical (unpaired) electrons. The molecule has 9 nitrogen and oxygen atoms in total. The van der Waals surface area contributed by atoms with Crippen LogP contribution in [0.25, 0.3) is 0 Å². The van der Waals surface area contributed by atoms with Crippen LogP contribution in [-0.4, -0.2) is 82.3 Å². The largest absolute Gasteiger partial charge is 0.545 e. The molecule has 0 aliphatic rings. The Morgan fingerprint density at radius 1 is 0.307 bits per heavy atom. The van der Waals surface area contributed by atoms with Gasteiger partial charge in [0.1, 0.15) is 13.2 Å². The number of likely N-dealkylation sites (N-methyl/N-ethyl adjacent to an activating group) is 1. The van der Waals surface area contributed by atoms with Crippen LogP contribution in [0.3, 0.4) is 0 Å². The van der Waals surface area contributed by atoms with Crippen LogP contribution in [0.4, 0.5) is 0 Å². The van der Waals surface area contributed by atoms with E-state index in [0.717, 1.165) is 96.3 Å². The fourth-order valence-electron chi connectivity index (χ4n) is 12.2. The molecule has 0 aliphatic heterocycles. The van der Waals surface area contributed by atoms with Gasteiger partial charge < -0.3 is 33.3 Å². The number of nitrogens with zero attached hydrogens (tertiary/aromatic N) is 1. The van der Waals surface area contributed by atoms with Gasteiger partial charge in [-0.15, -0.1) is 0 Å². The molecular weight excluding hydrogens is 1250 g/mol. The van der Waals surface area contributed by atoms with Crippen molar-refractivity contribution >= 4 is 17.9 Å². The summed E-state index contributed by atoms with van der Waals surface area (Å²) in [5, 5.41) is 11.9. The van der Waals surface area contributed by atoms with Crippen LogP contribution in [0.15, 0.2) is 122 Å². The van der Waals surface area contributed by atoms with Gasteiger partial charge in [0.15, 0.2) is 12.4 Å². The Morgan fingerprint density at radius 3 is 0.842 bits per heavy atom. The molecule has 0 fully saturated rings. The number of carboxylic acid groups (broad SMARTS) is 1. The minimum absolute atomic E-state index is 0.145. The number of allylic oxidation sites excluding steroid dienone is 20. The molecule has 0 amide bonds. The zero-order valence-corrected chi connectivity index (χ0v) is 66.8. The number of esters is 2. The summed E-state index contributed by atoms with van der Waals surface area (Å²) in [6.45, 7) is 4.66. The van der Waals surface area contributed by atoms with E-state index in [-0.39, 0.29) is 32.2 Å². The summed E-state index contributed by atoms with van der Waals surface area (Å²) in [5.41, 5.74) is 0. The van der Waals surface area contributed by atoms with Crippen molar-refractivity contribution in [1.29, 1.82) is 0 Å². The average molecular weight is 1410 g/mol. The van der Waals surface area contributed by atoms with Crippen molar-refractivity contribution in [3.05, 3.63) is 122 Å². The fraction of sp³-hybridized carbons (Fsp3) is 0.750. The molecule has 0 aliphatic carbocycles. The summed E-state index contributed by atoms with van der Waals surface area (Å²) < 4.78 is 22.9. The van der Waals surface area contributed by atoms with Crippen molar-refractivity contribution in [2.24, 2.45) is 0 Å². The Balaban J connectivity index is 3.98. The van der Waals surface area contributed by atoms with Gasteiger partial charge in [-0.3, -0.25) is 9.59 Å². The van der Waals surface area contributed by atoms with E-state index < -0.39 is 24.3 Å². The zero-order valence-electron chi connectivity index (χ0n) is 66.8. The molecule has 582 valence electrons. The van der Waals surface area contributed by atoms with Crippen molar-refractivity contribution in [3.8, 4) is 0 Å². The number of aliphatic carboxylic acids is 1. The van der Waals surface area contributed by atoms with Crippen LogP contribution in [0.1, 0.15) is 386 Å². The molecule has 0 rings (SSSR count). The third-order valence-electron chi connectivity index (χ3n) is 18.7. The van der Waals surface area contributed by atoms with Gasteiger partial charge >= 0.3 is 11.9 Å². The first-order valence-corrected chi connectivity index (χ1v) is 42.7. The van der Waals surface area contributed by atoms with Gasteiger partial charge in [0.25, 0.3) is 0 Å². The van der Waals surface area contributed by atoms with Gasteiger partial charge in [-0.05, 0) is 109 Å². The summed E-state index contributed by atoms with van der Waals surface area (Å²) in [6, 6.07) is 0. The highest BCUT2D eigenvalue weighted by Gasteiger charge is 2.22. The van der Waals surface area contributed by atoms with E-state index >= 15 is 0 Å². The minimum Gasteiger partial charge on any atom is -0.545 e. The second-order valence-corrected chi connectivity index (χ2v) is 29.7. The Labute approximate surface area is 625 Å². The first-order valence-electron chi connectivity index (χ1n) is 42.7. The van der Waals surface area contributed by atoms with Crippen LogP contribution in [-0.2, 0) is 33.3 Å². The van der Waals surface area contributed by atoms with E-state index in [1.165, 1.54) is 257 Å². The third kappa shape index (κ3) is 82.8. The van der Waals surface area contributed by atoms with Crippen LogP contribution < -0.4 is 5.11 Å². The molecule has 0 heterocycles. The maximum atomic E-state index is 13.0. The van der Waals surface area contributed by atoms with Gasteiger partial charge in [-0.2, -0.15) is 0 Å². The molecule has 101 heavy (non-hydrogen) atoms. The number of carbonyl (C=O) groups is 3. The van der Waals surface area contributed by atoms with E-state index in [0.29, 0.717) is 23.9 Å². The van der Waals surface area contributed by atoms with Crippen LogP contribution >= 0.6 is 0 Å². The fourth-order valence-corrected chi connectivity index (χ4v) is 12.2. The maximum Gasteiger partial charge on any atom is 0.306 e. The number of hydrogen-bond acceptors (Lipinski definition) is 8. The molecular formula is C92H161NO8. The normalized spacial score (nSPS) is 13.2. The average Bonchev–Trinajstić information content (AvgIpc) is 1.25. The first kappa shape index (κ1) is 96.7. The van der Waals surface area contributed by atoms with E-state index in [2.05, 4.69) is 135 Å². The molecule has 0 saturated heterocycles. The van der Waals surface area contributed by atoms with Gasteiger partial charge in [-0.25, -0.2) is 0 Å². The molecule has 0 aromatic rings. The lowest BCUT2D eigenvalue weighted by molar-refractivity contribution is -0.870. The van der Waals surface area contributed by atoms with Crippen LogP contribution in [0, 0.1) is 0 Å². The Kier molecular flexibility index (Phi) is 77.9. The quantitative estimate of drug-likeness (QED) is 0.0195. The van der Waals surface area contributed by atoms with Crippen LogP contribution in [0.5, 0.6) is 0 Å². The number of ether oxygens (including phenoxy) is 4. The van der Waals surface area contributed by atoms with E-state index in [4.69, 9.17) is 18.9 Å². The summed E-state index contributed by atoms with van der Waals surface area (Å²) >= 11 is 0. The molecule has 0 spiro atoms. The Hall–Kier alpha value is -4.31. The summed E-state index contributed by atoms with van der Waals surface area (Å²) in [7, 11) is 5.94. The van der Waals surface area contributed by atoms with Gasteiger partial charge in [-0.1, -0.05) is 386 Å². The Bertz CT molecular complexity index is 2090. The van der Waals surface area contributed by atoms with Crippen LogP contribution in [0.2, 0.25) is 0 Å². The lowest BCUT2D eigenvalue weighted by Crippen LogP contribution is -2.44. The molecule has 2 atom stereocenters. The van der Waals surface area contributed by atoms with Crippen molar-refractivity contribution in [2.45, 2.75) is 399 Å². The van der Waals surface area contributed by atoms with Gasteiger partial charge in [0, 0.05) is 12.8 Å². The molecule has 0 aromatic carbocycles. The summed E-state index contributed by atoms with van der Waals surface area (Å²) in [4.78, 5) is 37.7. The second kappa shape index (κ2) is 81.4. The zero-order chi connectivity index (χ0) is 73.2. The number of rotatable bonds is 79. The lowest BCUT2D eigenvalue weighted by Gasteiger charge is -2.26. The van der Waals surface area contributed by atoms with Crippen molar-refractivity contribution in [1.82, 2.24) is 0 Å². The molecule has 0 N–H and O–H groups in total. The molecule has 2 unspecified atom stereocenters. The molecule has 0 aromatic heterocycles. The van der Waals surface area contributed by atoms with E-state index in [9.17, 15) is 19.5 Å². The predicted molar refractivity (Wildman–Crippen MR) is 435 cm³/mol. The first-order chi connectivity index (χ1) is 49.6. The number of carbonyl (C=O) groups excluding carboxylic acids is 3. The van der Waals surface area contributed by atoms with Crippen molar-refractivity contribution in [3.63, 3.8) is 0 Å². The number of quaternary nitrogens is 1. The van der Waals surface area contributed by atoms with E-state index in [1.807, 2.05) is 21.1 Å². The predicted octanol–water partition coefficient (Wildman–Crippen LogP) is 26.5. The topological polar surface area (TPSA) is 111 Å². The standard InChI is InChI=1S/C92H161NO8/c1-6-8-10-12-14-16-18-20-22-24-26-28-30-32-34-36-38-40-42-43-44-45-46-47-49-50-52-54-56-58-60-62-64-66-68-70-72-74-76-78-80-82-89(94)99-86-88(87-100-92(91(96)97)98-85-84-93(3,4)5)101-90(95)83-81-79-77-75-73-71-69-67-65-63-61-59-57-55-53-51-48-41-39-37-35-33-31-29-27-25-23-21-19-17-15-13-11-9-7-2/h9,11,15,17-18,20-21,23-24,26-27,29-30,32-33,35,39,41,51,53,88,92H,6-8,10,12-14,16,19,22,25,28,31,34,36-38,40,42-50,52,54-87H2,1-5H3/b11-9-,17-15-,20-18-,23-21-,26-24-,29-27-,32-30-,35-33-,41-39-,53-51-. The third-order valence-corrected chi connectivity index (χ3v) is 18.7. The molecule has 0 saturated carbocycles. The van der Waals surface area contributed by atoms with E-state index in [1.54, 1.807) is 0 Å². The van der Waals surface area contributed by atoms with Crippen molar-refractivity contribution in [2.75, 3.05) is 47.5 Å². The highest BCUT2D eigenvalue weighted by molar-refractivity contribution is 5.70. The summed E-state index contributed by atoms with van der Waals surface area (Å²) in [5.74, 6) is -2.27. The monoisotopic (exact) mass is 1410 g/mol. The number of unbranched alkanes of at least 4 members (excludes halogenated alkanes) is 44. The van der Waals surface area contributed by atoms with Gasteiger partial charge in [0.2, 0.25) is 0 Å². The number of carboxylic acids is 1. The number of hydrogen-bond donors (Lipinski definition) is 0.